The Kier molecular flexibility index (Phi) is 8.58. The maximum atomic E-state index is 13.0. The third-order valence-corrected chi connectivity index (χ3v) is 6.46. The Morgan fingerprint density at radius 1 is 0.892 bits per heavy atom. The Morgan fingerprint density at radius 2 is 1.43 bits per heavy atom. The molecular formula is C30H36N4O3. The van der Waals surface area contributed by atoms with Crippen molar-refractivity contribution >= 4 is 35.1 Å². The average Bonchev–Trinajstić information content (AvgIpc) is 3.51. The first-order valence-corrected chi connectivity index (χ1v) is 12.8. The van der Waals surface area contributed by atoms with E-state index in [0.717, 1.165) is 42.0 Å². The summed E-state index contributed by atoms with van der Waals surface area (Å²) < 4.78 is 10.6. The van der Waals surface area contributed by atoms with Gasteiger partial charge in [0.15, 0.2) is 0 Å². The van der Waals surface area contributed by atoms with Crippen molar-refractivity contribution in [2.75, 3.05) is 27.2 Å². The minimum Gasteiger partial charge on any atom is -0.375 e. The molecule has 37 heavy (non-hydrogen) atoms. The minimum absolute atomic E-state index is 0.0549. The number of imide groups is 1. The van der Waals surface area contributed by atoms with Gasteiger partial charge in [0.2, 0.25) is 0 Å². The molecule has 7 heteroatoms. The first kappa shape index (κ1) is 26.4. The van der Waals surface area contributed by atoms with Gasteiger partial charge in [-0.3, -0.25) is 14.9 Å². The molecule has 0 radical (unpaired) electrons. The largest absolute Gasteiger partial charge is 0.375 e. The molecule has 2 aliphatic heterocycles. The molecule has 0 aromatic carbocycles. The van der Waals surface area contributed by atoms with Crippen LogP contribution >= 0.6 is 0 Å². The van der Waals surface area contributed by atoms with E-state index < -0.39 is 0 Å². The smallest absolute Gasteiger partial charge is 0.259 e. The molecule has 1 N–H and O–H groups in total. The van der Waals surface area contributed by atoms with Crippen molar-refractivity contribution in [1.82, 2.24) is 19.4 Å². The van der Waals surface area contributed by atoms with Gasteiger partial charge in [0.05, 0.1) is 23.9 Å². The lowest BCUT2D eigenvalue weighted by atomic mass is 9.99. The topological polar surface area (TPSA) is 68.5 Å². The van der Waals surface area contributed by atoms with Crippen molar-refractivity contribution in [3.05, 3.63) is 83.5 Å². The van der Waals surface area contributed by atoms with Gasteiger partial charge in [-0.05, 0) is 58.6 Å². The SMILES string of the molecule is C/C=C\C=C/c1cc2cn1CCOC(CN(C)C)CCn1cc(cc1/C=C\C=C/C)C1=C2C(=O)NC1=O. The predicted octanol–water partition coefficient (Wildman–Crippen LogP) is 4.39. The molecule has 1 unspecified atom stereocenters. The summed E-state index contributed by atoms with van der Waals surface area (Å²) in [4.78, 5) is 28.2. The third-order valence-electron chi connectivity index (χ3n) is 6.46. The summed E-state index contributed by atoms with van der Waals surface area (Å²) in [5.74, 6) is -0.727. The number of allylic oxidation sites excluding steroid dienone is 6. The Morgan fingerprint density at radius 3 is 1.95 bits per heavy atom. The van der Waals surface area contributed by atoms with Crippen LogP contribution in [-0.2, 0) is 27.4 Å². The molecule has 0 saturated heterocycles. The number of amides is 2. The average molecular weight is 501 g/mol. The molecule has 4 bridgehead atoms. The summed E-state index contributed by atoms with van der Waals surface area (Å²) in [6, 6.07) is 3.95. The van der Waals surface area contributed by atoms with Gasteiger partial charge in [0.25, 0.3) is 11.8 Å². The van der Waals surface area contributed by atoms with Crippen LogP contribution in [0, 0.1) is 0 Å². The van der Waals surface area contributed by atoms with E-state index in [1.807, 2.05) is 87.0 Å². The van der Waals surface area contributed by atoms with Crippen LogP contribution < -0.4 is 5.32 Å². The molecule has 4 heterocycles. The number of rotatable bonds is 6. The van der Waals surface area contributed by atoms with Gasteiger partial charge in [-0.15, -0.1) is 0 Å². The molecule has 0 spiro atoms. The van der Waals surface area contributed by atoms with Gasteiger partial charge in [0, 0.05) is 54.5 Å². The first-order valence-electron chi connectivity index (χ1n) is 12.8. The lowest BCUT2D eigenvalue weighted by molar-refractivity contribution is -0.122. The van der Waals surface area contributed by atoms with E-state index in [-0.39, 0.29) is 17.9 Å². The van der Waals surface area contributed by atoms with Gasteiger partial charge >= 0.3 is 0 Å². The van der Waals surface area contributed by atoms with Crippen LogP contribution in [0.1, 0.15) is 42.8 Å². The normalized spacial score (nSPS) is 19.2. The van der Waals surface area contributed by atoms with Crippen LogP contribution in [0.4, 0.5) is 0 Å². The molecule has 2 aromatic heterocycles. The Hall–Kier alpha value is -3.68. The van der Waals surface area contributed by atoms with Crippen molar-refractivity contribution in [1.29, 1.82) is 0 Å². The van der Waals surface area contributed by atoms with Gasteiger partial charge in [-0.2, -0.15) is 0 Å². The molecule has 2 amide bonds. The van der Waals surface area contributed by atoms with Crippen LogP contribution in [0.15, 0.2) is 61.0 Å². The van der Waals surface area contributed by atoms with Crippen LogP contribution in [-0.4, -0.2) is 59.2 Å². The summed E-state index contributed by atoms with van der Waals surface area (Å²) in [6.45, 7) is 6.66. The zero-order valence-corrected chi connectivity index (χ0v) is 22.1. The molecular weight excluding hydrogens is 464 g/mol. The maximum absolute atomic E-state index is 13.0. The third kappa shape index (κ3) is 6.18. The second-order valence-electron chi connectivity index (χ2n) is 9.54. The molecule has 4 rings (SSSR count). The number of ether oxygens (including phenoxy) is 1. The number of carbonyl (C=O) groups is 2. The molecule has 2 aliphatic rings. The van der Waals surface area contributed by atoms with E-state index >= 15 is 0 Å². The number of hydrogen-bond acceptors (Lipinski definition) is 4. The number of nitrogens with zero attached hydrogens (tertiary/aromatic N) is 3. The molecule has 194 valence electrons. The van der Waals surface area contributed by atoms with Crippen molar-refractivity contribution in [3.8, 4) is 0 Å². The summed E-state index contributed by atoms with van der Waals surface area (Å²) in [5, 5.41) is 2.52. The highest BCUT2D eigenvalue weighted by Gasteiger charge is 2.34. The van der Waals surface area contributed by atoms with Crippen molar-refractivity contribution in [2.45, 2.75) is 39.5 Å². The fourth-order valence-electron chi connectivity index (χ4n) is 4.76. The summed E-state index contributed by atoms with van der Waals surface area (Å²) in [5.41, 5.74) is 4.21. The highest BCUT2D eigenvalue weighted by molar-refractivity contribution is 6.49. The van der Waals surface area contributed by atoms with E-state index in [4.69, 9.17) is 4.74 Å². The summed E-state index contributed by atoms with van der Waals surface area (Å²) in [6.07, 6.45) is 20.7. The standard InChI is InChI=1S/C30H36N4O3/c1-5-7-9-11-24-17-22-19-33(24)14-13-26(21-32(3)4)37-16-15-34-20-23(18-25(34)12-10-8-6-2)28-27(22)29(35)31-30(28)36/h5-12,17-20,26H,13-16,21H2,1-4H3,(H,31,35,36)/b7-5-,8-6-,11-9-,12-10-. The monoisotopic (exact) mass is 500 g/mol. The fraction of sp³-hybridized carbons (Fsp3) is 0.333. The van der Waals surface area contributed by atoms with Gasteiger partial charge in [-0.1, -0.05) is 36.5 Å². The molecule has 1 atom stereocenters. The molecule has 7 nitrogen and oxygen atoms in total. The van der Waals surface area contributed by atoms with Gasteiger partial charge < -0.3 is 18.8 Å². The zero-order valence-electron chi connectivity index (χ0n) is 22.1. The molecule has 2 aromatic rings. The predicted molar refractivity (Wildman–Crippen MR) is 149 cm³/mol. The number of likely N-dealkylation sites (N-methyl/N-ethyl adjacent to an activating group) is 1. The maximum Gasteiger partial charge on any atom is 0.259 e. The second kappa shape index (κ2) is 12.0. The van der Waals surface area contributed by atoms with Crippen LogP contribution in [0.25, 0.3) is 23.3 Å². The number of aromatic nitrogens is 2. The van der Waals surface area contributed by atoms with Crippen molar-refractivity contribution in [3.63, 3.8) is 0 Å². The molecule has 0 fully saturated rings. The number of fused-ring (bicyclic) bond motifs is 6. The first-order chi connectivity index (χ1) is 17.9. The quantitative estimate of drug-likeness (QED) is 0.472. The number of aryl methyl sites for hydroxylation is 1. The summed E-state index contributed by atoms with van der Waals surface area (Å²) >= 11 is 0. The van der Waals surface area contributed by atoms with Crippen LogP contribution in [0.3, 0.4) is 0 Å². The zero-order chi connectivity index (χ0) is 26.4. The summed E-state index contributed by atoms with van der Waals surface area (Å²) in [7, 11) is 4.11. The van der Waals surface area contributed by atoms with Gasteiger partial charge in [0.1, 0.15) is 0 Å². The van der Waals surface area contributed by atoms with Crippen LogP contribution in [0.5, 0.6) is 0 Å². The molecule has 0 saturated carbocycles. The van der Waals surface area contributed by atoms with E-state index in [9.17, 15) is 9.59 Å². The number of nitrogens with one attached hydrogen (secondary N) is 1. The Balaban J connectivity index is 1.87. The number of hydrogen-bond donors (Lipinski definition) is 1. The van der Waals surface area contributed by atoms with Crippen LogP contribution in [0.2, 0.25) is 0 Å². The highest BCUT2D eigenvalue weighted by Crippen LogP contribution is 2.34. The Labute approximate surface area is 219 Å². The van der Waals surface area contributed by atoms with Crippen molar-refractivity contribution < 1.29 is 14.3 Å². The minimum atomic E-state index is -0.366. The van der Waals surface area contributed by atoms with E-state index in [0.29, 0.717) is 24.3 Å². The van der Waals surface area contributed by atoms with Crippen molar-refractivity contribution in [2.24, 2.45) is 0 Å². The number of carbonyl (C=O) groups excluding carboxylic acids is 2. The highest BCUT2D eigenvalue weighted by atomic mass is 16.5. The van der Waals surface area contributed by atoms with E-state index in [2.05, 4.69) is 33.4 Å². The van der Waals surface area contributed by atoms with Gasteiger partial charge in [-0.25, -0.2) is 0 Å². The lowest BCUT2D eigenvalue weighted by Gasteiger charge is -2.22. The molecule has 0 aliphatic carbocycles. The lowest BCUT2D eigenvalue weighted by Crippen LogP contribution is -2.30. The Bertz CT molecular complexity index is 1300. The van der Waals surface area contributed by atoms with E-state index in [1.165, 1.54) is 0 Å². The van der Waals surface area contributed by atoms with E-state index in [1.54, 1.807) is 0 Å². The fourth-order valence-corrected chi connectivity index (χ4v) is 4.76. The second-order valence-corrected chi connectivity index (χ2v) is 9.54.